The summed E-state index contributed by atoms with van der Waals surface area (Å²) >= 11 is 6.82. The smallest absolute Gasteiger partial charge is 0.255 e. The number of ether oxygens (including phenoxy) is 2. The minimum Gasteiger partial charge on any atom is -0.385 e. The Kier molecular flexibility index (Phi) is 8.37. The molecule has 6 heteroatoms. The predicted molar refractivity (Wildman–Crippen MR) is 86.1 cm³/mol. The van der Waals surface area contributed by atoms with Crippen LogP contribution in [0.4, 0.5) is 0 Å². The Morgan fingerprint density at radius 2 is 1.85 bits per heavy atom. The number of carbonyl (C=O) groups excluding carboxylic acids is 1. The number of benzene rings is 1. The Bertz CT molecular complexity index is 440. The van der Waals surface area contributed by atoms with E-state index in [-0.39, 0.29) is 5.91 Å². The largest absolute Gasteiger partial charge is 0.385 e. The molecule has 4 nitrogen and oxygen atoms in total. The third-order valence-electron chi connectivity index (χ3n) is 2.79. The van der Waals surface area contributed by atoms with Crippen LogP contribution in [0.15, 0.2) is 27.1 Å². The van der Waals surface area contributed by atoms with Gasteiger partial charge in [-0.2, -0.15) is 0 Å². The lowest BCUT2D eigenvalue weighted by molar-refractivity contribution is 0.0673. The average Bonchev–Trinajstić information content (AvgIpc) is 2.44. The number of rotatable bonds is 8. The molecule has 0 atom stereocenters. The van der Waals surface area contributed by atoms with Crippen LogP contribution in [-0.4, -0.2) is 51.3 Å². The van der Waals surface area contributed by atoms with E-state index in [0.29, 0.717) is 31.9 Å². The van der Waals surface area contributed by atoms with Gasteiger partial charge in [-0.3, -0.25) is 4.79 Å². The number of hydrogen-bond donors (Lipinski definition) is 0. The molecule has 0 saturated carbocycles. The van der Waals surface area contributed by atoms with E-state index < -0.39 is 0 Å². The summed E-state index contributed by atoms with van der Waals surface area (Å²) in [7, 11) is 3.29. The fraction of sp³-hybridized carbons (Fsp3) is 0.500. The monoisotopic (exact) mass is 407 g/mol. The zero-order valence-electron chi connectivity index (χ0n) is 11.7. The van der Waals surface area contributed by atoms with Gasteiger partial charge in [-0.25, -0.2) is 0 Å². The van der Waals surface area contributed by atoms with Crippen LogP contribution in [0.3, 0.4) is 0 Å². The molecule has 0 unspecified atom stereocenters. The van der Waals surface area contributed by atoms with Gasteiger partial charge < -0.3 is 14.4 Å². The fourth-order valence-corrected chi connectivity index (χ4v) is 2.53. The summed E-state index contributed by atoms with van der Waals surface area (Å²) in [5.41, 5.74) is 0.646. The summed E-state index contributed by atoms with van der Waals surface area (Å²) in [6.07, 6.45) is 0.803. The second-order valence-electron chi connectivity index (χ2n) is 4.26. The molecule has 0 aliphatic carbocycles. The molecule has 0 heterocycles. The Morgan fingerprint density at radius 1 is 1.15 bits per heavy atom. The quantitative estimate of drug-likeness (QED) is 0.619. The van der Waals surface area contributed by atoms with Crippen LogP contribution in [0.5, 0.6) is 0 Å². The van der Waals surface area contributed by atoms with Gasteiger partial charge in [0.2, 0.25) is 0 Å². The first-order valence-electron chi connectivity index (χ1n) is 6.32. The van der Waals surface area contributed by atoms with Gasteiger partial charge in [0.05, 0.1) is 12.2 Å². The van der Waals surface area contributed by atoms with Gasteiger partial charge >= 0.3 is 0 Å². The second-order valence-corrected chi connectivity index (χ2v) is 6.03. The molecule has 0 aliphatic rings. The van der Waals surface area contributed by atoms with E-state index in [1.54, 1.807) is 19.1 Å². The van der Waals surface area contributed by atoms with Crippen molar-refractivity contribution in [2.75, 3.05) is 40.5 Å². The van der Waals surface area contributed by atoms with Crippen molar-refractivity contribution in [3.8, 4) is 0 Å². The van der Waals surface area contributed by atoms with Gasteiger partial charge in [-0.05, 0) is 40.5 Å². The molecule has 1 amide bonds. The lowest BCUT2D eigenvalue weighted by atomic mass is 10.2. The van der Waals surface area contributed by atoms with Crippen molar-refractivity contribution in [1.82, 2.24) is 4.90 Å². The number of hydrogen-bond acceptors (Lipinski definition) is 3. The lowest BCUT2D eigenvalue weighted by Gasteiger charge is -2.23. The van der Waals surface area contributed by atoms with Crippen molar-refractivity contribution in [3.05, 3.63) is 32.7 Å². The molecular formula is C14H19Br2NO3. The minimum absolute atomic E-state index is 0.00803. The van der Waals surface area contributed by atoms with E-state index >= 15 is 0 Å². The first kappa shape index (κ1) is 17.6. The molecular weight excluding hydrogens is 390 g/mol. The minimum atomic E-state index is -0.00803. The standard InChI is InChI=1S/C14H19Br2NO3/c1-19-8-3-6-17(7-9-20-2)14(18)12-10-11(15)4-5-13(12)16/h4-5,10H,3,6-9H2,1-2H3. The first-order valence-corrected chi connectivity index (χ1v) is 7.91. The first-order chi connectivity index (χ1) is 9.60. The van der Waals surface area contributed by atoms with Crippen molar-refractivity contribution in [2.24, 2.45) is 0 Å². The van der Waals surface area contributed by atoms with Crippen LogP contribution in [0.25, 0.3) is 0 Å². The molecule has 0 aromatic heterocycles. The summed E-state index contributed by atoms with van der Waals surface area (Å²) in [6.45, 7) is 2.37. The summed E-state index contributed by atoms with van der Waals surface area (Å²) in [6, 6.07) is 5.58. The number of carbonyl (C=O) groups is 1. The third-order valence-corrected chi connectivity index (χ3v) is 3.97. The predicted octanol–water partition coefficient (Wildman–Crippen LogP) is 3.34. The van der Waals surface area contributed by atoms with Crippen molar-refractivity contribution >= 4 is 37.8 Å². The third kappa shape index (κ3) is 5.52. The molecule has 0 aliphatic heterocycles. The SMILES string of the molecule is COCCCN(CCOC)C(=O)c1cc(Br)ccc1Br. The summed E-state index contributed by atoms with van der Waals surface area (Å²) in [5.74, 6) is -0.00803. The van der Waals surface area contributed by atoms with Crippen LogP contribution in [-0.2, 0) is 9.47 Å². The fourth-order valence-electron chi connectivity index (χ4n) is 1.75. The normalized spacial score (nSPS) is 10.6. The molecule has 0 N–H and O–H groups in total. The van der Waals surface area contributed by atoms with E-state index in [2.05, 4.69) is 31.9 Å². The topological polar surface area (TPSA) is 38.8 Å². The van der Waals surface area contributed by atoms with Crippen LogP contribution in [0.2, 0.25) is 0 Å². The average molecular weight is 409 g/mol. The maximum atomic E-state index is 12.6. The molecule has 1 aromatic rings. The van der Waals surface area contributed by atoms with Crippen molar-refractivity contribution in [1.29, 1.82) is 0 Å². The second kappa shape index (κ2) is 9.50. The van der Waals surface area contributed by atoms with Crippen LogP contribution in [0.1, 0.15) is 16.8 Å². The van der Waals surface area contributed by atoms with Gasteiger partial charge in [0, 0.05) is 42.9 Å². The van der Waals surface area contributed by atoms with E-state index in [1.807, 2.05) is 18.2 Å². The number of halogens is 2. The zero-order valence-corrected chi connectivity index (χ0v) is 14.9. The maximum Gasteiger partial charge on any atom is 0.255 e. The van der Waals surface area contributed by atoms with Gasteiger partial charge in [0.25, 0.3) is 5.91 Å². The lowest BCUT2D eigenvalue weighted by Crippen LogP contribution is -2.35. The summed E-state index contributed by atoms with van der Waals surface area (Å²) in [4.78, 5) is 14.4. The van der Waals surface area contributed by atoms with E-state index in [4.69, 9.17) is 9.47 Å². The number of amides is 1. The van der Waals surface area contributed by atoms with Crippen LogP contribution >= 0.6 is 31.9 Å². The molecule has 20 heavy (non-hydrogen) atoms. The molecule has 0 spiro atoms. The Morgan fingerprint density at radius 3 is 2.50 bits per heavy atom. The highest BCUT2D eigenvalue weighted by Gasteiger charge is 2.18. The van der Waals surface area contributed by atoms with Gasteiger partial charge in [0.1, 0.15) is 0 Å². The van der Waals surface area contributed by atoms with Crippen molar-refractivity contribution < 1.29 is 14.3 Å². The van der Waals surface area contributed by atoms with E-state index in [0.717, 1.165) is 15.4 Å². The maximum absolute atomic E-state index is 12.6. The molecule has 1 rings (SSSR count). The highest BCUT2D eigenvalue weighted by Crippen LogP contribution is 2.23. The Hall–Kier alpha value is -0.430. The molecule has 0 fully saturated rings. The highest BCUT2D eigenvalue weighted by atomic mass is 79.9. The van der Waals surface area contributed by atoms with Crippen molar-refractivity contribution in [2.45, 2.75) is 6.42 Å². The van der Waals surface area contributed by atoms with E-state index in [1.165, 1.54) is 0 Å². The van der Waals surface area contributed by atoms with Crippen LogP contribution in [0, 0.1) is 0 Å². The zero-order chi connectivity index (χ0) is 15.0. The molecule has 0 saturated heterocycles. The number of methoxy groups -OCH3 is 2. The van der Waals surface area contributed by atoms with Gasteiger partial charge in [-0.15, -0.1) is 0 Å². The van der Waals surface area contributed by atoms with Crippen molar-refractivity contribution in [3.63, 3.8) is 0 Å². The summed E-state index contributed by atoms with van der Waals surface area (Å²) in [5, 5.41) is 0. The van der Waals surface area contributed by atoms with Crippen LogP contribution < -0.4 is 0 Å². The Balaban J connectivity index is 2.82. The summed E-state index contributed by atoms with van der Waals surface area (Å²) < 4.78 is 11.8. The van der Waals surface area contributed by atoms with Gasteiger partial charge in [0.15, 0.2) is 0 Å². The molecule has 0 radical (unpaired) electrons. The van der Waals surface area contributed by atoms with Gasteiger partial charge in [-0.1, -0.05) is 15.9 Å². The molecule has 0 bridgehead atoms. The Labute approximate surface area is 136 Å². The number of nitrogens with zero attached hydrogens (tertiary/aromatic N) is 1. The molecule has 112 valence electrons. The van der Waals surface area contributed by atoms with E-state index in [9.17, 15) is 4.79 Å². The highest BCUT2D eigenvalue weighted by molar-refractivity contribution is 9.11. The molecule has 1 aromatic carbocycles.